The number of para-hydroxylation sites is 1. The number of rotatable bonds is 7. The Morgan fingerprint density at radius 2 is 1.85 bits per heavy atom. The number of carbonyl (C=O) groups excluding carboxylic acids is 1. The number of hydrogen-bond acceptors (Lipinski definition) is 4. The van der Waals surface area contributed by atoms with Crippen LogP contribution in [0.15, 0.2) is 18.2 Å². The van der Waals surface area contributed by atoms with Crippen LogP contribution in [0.3, 0.4) is 0 Å². The Morgan fingerprint density at radius 3 is 2.35 bits per heavy atom. The lowest BCUT2D eigenvalue weighted by Gasteiger charge is -2.20. The van der Waals surface area contributed by atoms with E-state index in [1.165, 1.54) is 7.11 Å². The lowest BCUT2D eigenvalue weighted by Crippen LogP contribution is -2.42. The van der Waals surface area contributed by atoms with Crippen molar-refractivity contribution >= 4 is 5.97 Å². The van der Waals surface area contributed by atoms with Gasteiger partial charge in [0.15, 0.2) is 0 Å². The average Bonchev–Trinajstić information content (AvgIpc) is 2.39. The van der Waals surface area contributed by atoms with Gasteiger partial charge in [-0.25, -0.2) is 0 Å². The lowest BCUT2D eigenvalue weighted by molar-refractivity contribution is -0.143. The predicted octanol–water partition coefficient (Wildman–Crippen LogP) is 2.61. The minimum absolute atomic E-state index is 0.222. The van der Waals surface area contributed by atoms with E-state index in [1.807, 2.05) is 45.9 Å². The molecule has 1 N–H and O–H groups in total. The minimum Gasteiger partial charge on any atom is -0.493 e. The Labute approximate surface area is 121 Å². The molecule has 0 fully saturated rings. The molecule has 0 aliphatic rings. The summed E-state index contributed by atoms with van der Waals surface area (Å²) in [5.41, 5.74) is 2.22. The van der Waals surface area contributed by atoms with Crippen molar-refractivity contribution in [2.24, 2.45) is 0 Å². The van der Waals surface area contributed by atoms with Crippen molar-refractivity contribution in [3.05, 3.63) is 29.3 Å². The molecule has 0 heterocycles. The largest absolute Gasteiger partial charge is 0.493 e. The minimum atomic E-state index is -0.329. The van der Waals surface area contributed by atoms with Crippen molar-refractivity contribution in [1.29, 1.82) is 0 Å². The van der Waals surface area contributed by atoms with Crippen molar-refractivity contribution in [1.82, 2.24) is 5.32 Å². The third kappa shape index (κ3) is 4.85. The highest BCUT2D eigenvalue weighted by molar-refractivity contribution is 5.75. The molecule has 20 heavy (non-hydrogen) atoms. The second-order valence-electron chi connectivity index (χ2n) is 5.26. The Balaban J connectivity index is 2.58. The van der Waals surface area contributed by atoms with Crippen molar-refractivity contribution in [2.75, 3.05) is 13.7 Å². The summed E-state index contributed by atoms with van der Waals surface area (Å²) < 4.78 is 10.6. The van der Waals surface area contributed by atoms with Crippen LogP contribution in [0.5, 0.6) is 5.75 Å². The van der Waals surface area contributed by atoms with E-state index in [9.17, 15) is 4.79 Å². The molecule has 1 aromatic carbocycles. The number of ether oxygens (including phenoxy) is 2. The topological polar surface area (TPSA) is 47.6 Å². The summed E-state index contributed by atoms with van der Waals surface area (Å²) in [6.45, 7) is 8.52. The summed E-state index contributed by atoms with van der Waals surface area (Å²) in [5, 5.41) is 3.19. The van der Waals surface area contributed by atoms with Crippen LogP contribution in [0.2, 0.25) is 0 Å². The van der Waals surface area contributed by atoms with Gasteiger partial charge in [0.05, 0.1) is 13.7 Å². The van der Waals surface area contributed by atoms with Crippen LogP contribution < -0.4 is 10.1 Å². The Bertz CT molecular complexity index is 423. The van der Waals surface area contributed by atoms with Crippen molar-refractivity contribution < 1.29 is 14.3 Å². The van der Waals surface area contributed by atoms with Crippen LogP contribution in [0.1, 0.15) is 31.4 Å². The second kappa shape index (κ2) is 7.90. The standard InChI is InChI=1S/C16H25NO3/c1-11(2)17-14(16(18)19-5)9-10-20-15-12(3)7-6-8-13(15)4/h6-8,11,14,17H,9-10H2,1-5H3. The van der Waals surface area contributed by atoms with Gasteiger partial charge < -0.3 is 14.8 Å². The molecule has 0 amide bonds. The van der Waals surface area contributed by atoms with E-state index < -0.39 is 0 Å². The van der Waals surface area contributed by atoms with E-state index in [2.05, 4.69) is 5.32 Å². The molecule has 1 rings (SSSR count). The van der Waals surface area contributed by atoms with Crippen LogP contribution in [-0.2, 0) is 9.53 Å². The number of hydrogen-bond donors (Lipinski definition) is 1. The van der Waals surface area contributed by atoms with Crippen LogP contribution >= 0.6 is 0 Å². The van der Waals surface area contributed by atoms with Gasteiger partial charge in [-0.3, -0.25) is 4.79 Å². The lowest BCUT2D eigenvalue weighted by atomic mass is 10.1. The molecule has 0 spiro atoms. The molecule has 0 aliphatic heterocycles. The van der Waals surface area contributed by atoms with Crippen LogP contribution in [0.25, 0.3) is 0 Å². The Morgan fingerprint density at radius 1 is 1.25 bits per heavy atom. The number of aryl methyl sites for hydroxylation is 2. The maximum Gasteiger partial charge on any atom is 0.322 e. The van der Waals surface area contributed by atoms with Gasteiger partial charge in [0.25, 0.3) is 0 Å². The van der Waals surface area contributed by atoms with E-state index in [4.69, 9.17) is 9.47 Å². The van der Waals surface area contributed by atoms with Gasteiger partial charge in [0, 0.05) is 12.5 Å². The number of carbonyl (C=O) groups is 1. The van der Waals surface area contributed by atoms with E-state index in [-0.39, 0.29) is 18.1 Å². The molecule has 0 radical (unpaired) electrons. The van der Waals surface area contributed by atoms with Crippen LogP contribution in [0, 0.1) is 13.8 Å². The van der Waals surface area contributed by atoms with E-state index in [0.29, 0.717) is 13.0 Å². The van der Waals surface area contributed by atoms with E-state index in [1.54, 1.807) is 0 Å². The first kappa shape index (κ1) is 16.5. The first-order chi connectivity index (χ1) is 9.45. The molecular weight excluding hydrogens is 254 g/mol. The van der Waals surface area contributed by atoms with Gasteiger partial charge in [-0.1, -0.05) is 32.0 Å². The molecule has 0 bridgehead atoms. The van der Waals surface area contributed by atoms with Gasteiger partial charge in [0.2, 0.25) is 0 Å². The van der Waals surface area contributed by atoms with E-state index in [0.717, 1.165) is 16.9 Å². The van der Waals surface area contributed by atoms with Crippen LogP contribution in [-0.4, -0.2) is 31.8 Å². The van der Waals surface area contributed by atoms with Crippen molar-refractivity contribution in [3.63, 3.8) is 0 Å². The predicted molar refractivity (Wildman–Crippen MR) is 80.1 cm³/mol. The van der Waals surface area contributed by atoms with Gasteiger partial charge in [-0.15, -0.1) is 0 Å². The SMILES string of the molecule is COC(=O)C(CCOc1c(C)cccc1C)NC(C)C. The monoisotopic (exact) mass is 279 g/mol. The molecule has 1 unspecified atom stereocenters. The average molecular weight is 279 g/mol. The quantitative estimate of drug-likeness (QED) is 0.779. The fourth-order valence-corrected chi connectivity index (χ4v) is 2.12. The number of nitrogens with one attached hydrogen (secondary N) is 1. The van der Waals surface area contributed by atoms with E-state index >= 15 is 0 Å². The fraction of sp³-hybridized carbons (Fsp3) is 0.562. The van der Waals surface area contributed by atoms with Crippen LogP contribution in [0.4, 0.5) is 0 Å². The summed E-state index contributed by atoms with van der Waals surface area (Å²) in [5.74, 6) is 0.657. The molecule has 0 saturated heterocycles. The third-order valence-corrected chi connectivity index (χ3v) is 3.08. The smallest absolute Gasteiger partial charge is 0.322 e. The summed E-state index contributed by atoms with van der Waals surface area (Å²) in [7, 11) is 1.41. The first-order valence-corrected chi connectivity index (χ1v) is 6.98. The van der Waals surface area contributed by atoms with Gasteiger partial charge in [0.1, 0.15) is 11.8 Å². The third-order valence-electron chi connectivity index (χ3n) is 3.08. The van der Waals surface area contributed by atoms with Gasteiger partial charge in [-0.2, -0.15) is 0 Å². The Kier molecular flexibility index (Phi) is 6.52. The molecule has 4 heteroatoms. The molecule has 4 nitrogen and oxygen atoms in total. The molecule has 1 atom stereocenters. The molecule has 0 aromatic heterocycles. The molecule has 1 aromatic rings. The van der Waals surface area contributed by atoms with Gasteiger partial charge >= 0.3 is 5.97 Å². The summed E-state index contributed by atoms with van der Waals surface area (Å²) in [6, 6.07) is 5.94. The number of esters is 1. The fourth-order valence-electron chi connectivity index (χ4n) is 2.12. The highest BCUT2D eigenvalue weighted by Gasteiger charge is 2.19. The summed E-state index contributed by atoms with van der Waals surface area (Å²) in [6.07, 6.45) is 0.582. The maximum atomic E-state index is 11.7. The molecule has 0 aliphatic carbocycles. The van der Waals surface area contributed by atoms with Gasteiger partial charge in [-0.05, 0) is 25.0 Å². The molecule has 0 saturated carbocycles. The maximum absolute atomic E-state index is 11.7. The number of benzene rings is 1. The normalized spacial score (nSPS) is 12.3. The first-order valence-electron chi connectivity index (χ1n) is 6.98. The zero-order valence-electron chi connectivity index (χ0n) is 13.0. The highest BCUT2D eigenvalue weighted by Crippen LogP contribution is 2.22. The Hall–Kier alpha value is -1.55. The second-order valence-corrected chi connectivity index (χ2v) is 5.26. The van der Waals surface area contributed by atoms with Crippen molar-refractivity contribution in [2.45, 2.75) is 46.2 Å². The zero-order chi connectivity index (χ0) is 15.1. The molecular formula is C16H25NO3. The summed E-state index contributed by atoms with van der Waals surface area (Å²) >= 11 is 0. The van der Waals surface area contributed by atoms with Crippen molar-refractivity contribution in [3.8, 4) is 5.75 Å². The zero-order valence-corrected chi connectivity index (χ0v) is 13.0. The highest BCUT2D eigenvalue weighted by atomic mass is 16.5. The number of methoxy groups -OCH3 is 1. The summed E-state index contributed by atoms with van der Waals surface area (Å²) in [4.78, 5) is 11.7. The molecule has 112 valence electrons.